The van der Waals surface area contributed by atoms with Crippen LogP contribution in [0.4, 0.5) is 0 Å². The highest BCUT2D eigenvalue weighted by Crippen LogP contribution is 1.88. The van der Waals surface area contributed by atoms with Crippen molar-refractivity contribution >= 4 is 0 Å². The second-order valence-electron chi connectivity index (χ2n) is 3.82. The summed E-state index contributed by atoms with van der Waals surface area (Å²) in [6.45, 7) is 8.62. The fraction of sp³-hybridized carbons (Fsp3) is 0.727. The second-order valence-corrected chi connectivity index (χ2v) is 3.82. The van der Waals surface area contributed by atoms with Crippen LogP contribution in [-0.2, 0) is 13.1 Å². The predicted octanol–water partition coefficient (Wildman–Crippen LogP) is 1.06. The molecule has 4 heteroatoms. The highest BCUT2D eigenvalue weighted by atomic mass is 16.1. The van der Waals surface area contributed by atoms with E-state index in [9.17, 15) is 4.79 Å². The minimum absolute atomic E-state index is 0.0865. The van der Waals surface area contributed by atoms with E-state index in [2.05, 4.69) is 19.2 Å². The maximum atomic E-state index is 11.6. The van der Waals surface area contributed by atoms with Gasteiger partial charge in [0.2, 0.25) is 0 Å². The first-order valence-corrected chi connectivity index (χ1v) is 5.68. The maximum Gasteiger partial charge on any atom is 0.328 e. The topological polar surface area (TPSA) is 39.0 Å². The van der Waals surface area contributed by atoms with Gasteiger partial charge in [-0.15, -0.1) is 0 Å². The van der Waals surface area contributed by atoms with Crippen LogP contribution >= 0.6 is 0 Å². The molecule has 86 valence electrons. The quantitative estimate of drug-likeness (QED) is 0.764. The monoisotopic (exact) mass is 211 g/mol. The van der Waals surface area contributed by atoms with E-state index in [0.717, 1.165) is 26.1 Å². The van der Waals surface area contributed by atoms with Crippen LogP contribution in [0.3, 0.4) is 0 Å². The van der Waals surface area contributed by atoms with Gasteiger partial charge in [0.25, 0.3) is 0 Å². The van der Waals surface area contributed by atoms with Crippen molar-refractivity contribution in [1.82, 2.24) is 14.5 Å². The van der Waals surface area contributed by atoms with Crippen molar-refractivity contribution in [2.24, 2.45) is 0 Å². The Hall–Kier alpha value is -1.03. The zero-order chi connectivity index (χ0) is 11.3. The summed E-state index contributed by atoms with van der Waals surface area (Å²) in [6, 6.07) is 0.522. The zero-order valence-electron chi connectivity index (χ0n) is 9.86. The van der Waals surface area contributed by atoms with Crippen molar-refractivity contribution < 1.29 is 0 Å². The molecule has 0 spiro atoms. The van der Waals surface area contributed by atoms with Crippen LogP contribution in [0.15, 0.2) is 17.2 Å². The Kier molecular flexibility index (Phi) is 4.62. The lowest BCUT2D eigenvalue weighted by Gasteiger charge is -2.10. The Balaban J connectivity index is 2.44. The fourth-order valence-electron chi connectivity index (χ4n) is 1.44. The molecule has 0 aromatic carbocycles. The molecule has 0 fully saturated rings. The average Bonchev–Trinajstić information content (AvgIpc) is 2.60. The van der Waals surface area contributed by atoms with E-state index in [1.807, 2.05) is 19.3 Å². The molecule has 0 amide bonds. The van der Waals surface area contributed by atoms with E-state index in [0.29, 0.717) is 6.04 Å². The minimum Gasteiger partial charge on any atom is -0.312 e. The van der Waals surface area contributed by atoms with Gasteiger partial charge in [-0.05, 0) is 20.3 Å². The van der Waals surface area contributed by atoms with Gasteiger partial charge in [0, 0.05) is 38.1 Å². The Labute approximate surface area is 90.9 Å². The van der Waals surface area contributed by atoms with E-state index in [-0.39, 0.29) is 5.69 Å². The molecule has 0 aliphatic heterocycles. The van der Waals surface area contributed by atoms with E-state index >= 15 is 0 Å². The molecule has 1 rings (SSSR count). The summed E-state index contributed by atoms with van der Waals surface area (Å²) in [7, 11) is 0. The van der Waals surface area contributed by atoms with Gasteiger partial charge in [0.1, 0.15) is 0 Å². The number of imidazole rings is 1. The van der Waals surface area contributed by atoms with Crippen molar-refractivity contribution in [3.63, 3.8) is 0 Å². The van der Waals surface area contributed by atoms with Gasteiger partial charge in [-0.25, -0.2) is 4.79 Å². The molecule has 1 atom stereocenters. The fourth-order valence-corrected chi connectivity index (χ4v) is 1.44. The molecule has 4 nitrogen and oxygen atoms in total. The van der Waals surface area contributed by atoms with Crippen LogP contribution in [0.1, 0.15) is 27.2 Å². The van der Waals surface area contributed by atoms with Gasteiger partial charge >= 0.3 is 5.69 Å². The Morgan fingerprint density at radius 2 is 2.00 bits per heavy atom. The third-order valence-corrected chi connectivity index (χ3v) is 2.72. The molecule has 0 saturated heterocycles. The Morgan fingerprint density at radius 1 is 1.33 bits per heavy atom. The molecule has 15 heavy (non-hydrogen) atoms. The van der Waals surface area contributed by atoms with E-state index in [4.69, 9.17) is 0 Å². The summed E-state index contributed by atoms with van der Waals surface area (Å²) in [5.74, 6) is 0. The number of aromatic nitrogens is 2. The van der Waals surface area contributed by atoms with Crippen LogP contribution in [0, 0.1) is 0 Å². The van der Waals surface area contributed by atoms with Crippen LogP contribution in [0.5, 0.6) is 0 Å². The number of hydrogen-bond acceptors (Lipinski definition) is 2. The SMILES string of the molecule is CCC(C)NCCn1ccn(CC)c1=O. The van der Waals surface area contributed by atoms with Crippen molar-refractivity contribution in [2.75, 3.05) is 6.54 Å². The zero-order valence-corrected chi connectivity index (χ0v) is 9.86. The molecule has 1 heterocycles. The molecule has 0 aliphatic carbocycles. The van der Waals surface area contributed by atoms with E-state index in [1.165, 1.54) is 0 Å². The first-order valence-electron chi connectivity index (χ1n) is 5.68. The normalized spacial score (nSPS) is 13.0. The van der Waals surface area contributed by atoms with E-state index < -0.39 is 0 Å². The lowest BCUT2D eigenvalue weighted by atomic mass is 10.3. The van der Waals surface area contributed by atoms with Gasteiger partial charge in [-0.1, -0.05) is 6.92 Å². The second kappa shape index (κ2) is 5.75. The molecule has 1 unspecified atom stereocenters. The summed E-state index contributed by atoms with van der Waals surface area (Å²) < 4.78 is 3.46. The molecule has 0 radical (unpaired) electrons. The lowest BCUT2D eigenvalue weighted by molar-refractivity contribution is 0.496. The molecule has 0 aliphatic rings. The average molecular weight is 211 g/mol. The number of aryl methyl sites for hydroxylation is 1. The number of rotatable bonds is 6. The molecule has 1 N–H and O–H groups in total. The summed E-state index contributed by atoms with van der Waals surface area (Å²) in [5, 5.41) is 3.37. The Bertz CT molecular complexity index is 340. The maximum absolute atomic E-state index is 11.6. The molecule has 1 aromatic heterocycles. The summed E-state index contributed by atoms with van der Waals surface area (Å²) in [5.41, 5.74) is 0.0865. The van der Waals surface area contributed by atoms with Crippen molar-refractivity contribution in [3.8, 4) is 0 Å². The van der Waals surface area contributed by atoms with Crippen LogP contribution < -0.4 is 11.0 Å². The Morgan fingerprint density at radius 3 is 2.53 bits per heavy atom. The van der Waals surface area contributed by atoms with E-state index in [1.54, 1.807) is 9.13 Å². The van der Waals surface area contributed by atoms with Crippen molar-refractivity contribution in [2.45, 2.75) is 46.3 Å². The first-order chi connectivity index (χ1) is 7.19. The molecule has 0 bridgehead atoms. The number of hydrogen-bond donors (Lipinski definition) is 1. The largest absolute Gasteiger partial charge is 0.328 e. The predicted molar refractivity (Wildman–Crippen MR) is 62.1 cm³/mol. The highest BCUT2D eigenvalue weighted by molar-refractivity contribution is 4.81. The van der Waals surface area contributed by atoms with Crippen molar-refractivity contribution in [3.05, 3.63) is 22.9 Å². The number of nitrogens with one attached hydrogen (secondary N) is 1. The van der Waals surface area contributed by atoms with Gasteiger partial charge in [0.05, 0.1) is 0 Å². The molecular formula is C11H21N3O. The summed E-state index contributed by atoms with van der Waals surface area (Å²) in [4.78, 5) is 11.6. The van der Waals surface area contributed by atoms with Gasteiger partial charge in [-0.3, -0.25) is 9.13 Å². The molecule has 1 aromatic rings. The van der Waals surface area contributed by atoms with Crippen LogP contribution in [-0.4, -0.2) is 21.7 Å². The lowest BCUT2D eigenvalue weighted by Crippen LogP contribution is -2.32. The smallest absolute Gasteiger partial charge is 0.312 e. The highest BCUT2D eigenvalue weighted by Gasteiger charge is 2.01. The van der Waals surface area contributed by atoms with Crippen LogP contribution in [0.25, 0.3) is 0 Å². The number of nitrogens with zero attached hydrogens (tertiary/aromatic N) is 2. The first kappa shape index (κ1) is 12.0. The van der Waals surface area contributed by atoms with Crippen molar-refractivity contribution in [1.29, 1.82) is 0 Å². The van der Waals surface area contributed by atoms with Gasteiger partial charge in [-0.2, -0.15) is 0 Å². The third-order valence-electron chi connectivity index (χ3n) is 2.72. The van der Waals surface area contributed by atoms with Crippen LogP contribution in [0.2, 0.25) is 0 Å². The van der Waals surface area contributed by atoms with Gasteiger partial charge < -0.3 is 5.32 Å². The van der Waals surface area contributed by atoms with Gasteiger partial charge in [0.15, 0.2) is 0 Å². The minimum atomic E-state index is 0.0865. The standard InChI is InChI=1S/C11H21N3O/c1-4-10(3)12-6-7-14-9-8-13(5-2)11(14)15/h8-10,12H,4-7H2,1-3H3. The summed E-state index contributed by atoms with van der Waals surface area (Å²) in [6.07, 6.45) is 4.81. The molecule has 0 saturated carbocycles. The molecular weight excluding hydrogens is 190 g/mol. The summed E-state index contributed by atoms with van der Waals surface area (Å²) >= 11 is 0. The third kappa shape index (κ3) is 3.23.